The average Bonchev–Trinajstić information content (AvgIpc) is 2.69. The molecule has 1 fully saturated rings. The van der Waals surface area contributed by atoms with E-state index in [4.69, 9.17) is 0 Å². The molecule has 0 bridgehead atoms. The lowest BCUT2D eigenvalue weighted by atomic mass is 10.1. The van der Waals surface area contributed by atoms with Crippen LogP contribution < -0.4 is 15.5 Å². The fraction of sp³-hybridized carbons (Fsp3) is 0.286. The predicted molar refractivity (Wildman–Crippen MR) is 110 cm³/mol. The van der Waals surface area contributed by atoms with E-state index in [-0.39, 0.29) is 17.7 Å². The van der Waals surface area contributed by atoms with Crippen LogP contribution in [-0.2, 0) is 4.79 Å². The standard InChI is InChI=1S/C21H24N4O3/c1-15(26)17-3-9-20(10-4-17)24-11-13-25(14-12-24)21(28)23-19-7-5-18(6-8-19)22-16(2)27/h3-10H,11-14H2,1-2H3,(H,22,27)(H,23,28). The van der Waals surface area contributed by atoms with Gasteiger partial charge in [-0.05, 0) is 55.5 Å². The Labute approximate surface area is 164 Å². The number of nitrogens with zero attached hydrogens (tertiary/aromatic N) is 2. The van der Waals surface area contributed by atoms with Crippen molar-refractivity contribution in [2.45, 2.75) is 13.8 Å². The van der Waals surface area contributed by atoms with E-state index in [2.05, 4.69) is 15.5 Å². The Hall–Kier alpha value is -3.35. The number of piperazine rings is 1. The van der Waals surface area contributed by atoms with Gasteiger partial charge in [0.2, 0.25) is 5.91 Å². The van der Waals surface area contributed by atoms with Gasteiger partial charge < -0.3 is 20.4 Å². The van der Waals surface area contributed by atoms with Gasteiger partial charge in [-0.2, -0.15) is 0 Å². The summed E-state index contributed by atoms with van der Waals surface area (Å²) in [6, 6.07) is 14.4. The Bertz CT molecular complexity index is 854. The minimum atomic E-state index is -0.140. The van der Waals surface area contributed by atoms with Gasteiger partial charge in [-0.3, -0.25) is 9.59 Å². The second-order valence-corrected chi connectivity index (χ2v) is 6.77. The van der Waals surface area contributed by atoms with Crippen LogP contribution in [0, 0.1) is 0 Å². The van der Waals surface area contributed by atoms with Crippen LogP contribution in [0.2, 0.25) is 0 Å². The van der Waals surface area contributed by atoms with Crippen molar-refractivity contribution in [2.24, 2.45) is 0 Å². The minimum absolute atomic E-state index is 0.0538. The SMILES string of the molecule is CC(=O)Nc1ccc(NC(=O)N2CCN(c3ccc(C(C)=O)cc3)CC2)cc1. The smallest absolute Gasteiger partial charge is 0.321 e. The van der Waals surface area contributed by atoms with E-state index < -0.39 is 0 Å². The zero-order valence-electron chi connectivity index (χ0n) is 16.1. The van der Waals surface area contributed by atoms with Gasteiger partial charge in [-0.1, -0.05) is 0 Å². The van der Waals surface area contributed by atoms with Gasteiger partial charge in [0, 0.05) is 55.7 Å². The number of anilines is 3. The van der Waals surface area contributed by atoms with Crippen LogP contribution >= 0.6 is 0 Å². The third-order valence-electron chi connectivity index (χ3n) is 4.66. The maximum Gasteiger partial charge on any atom is 0.321 e. The predicted octanol–water partition coefficient (Wildman–Crippen LogP) is 3.20. The molecule has 7 nitrogen and oxygen atoms in total. The van der Waals surface area contributed by atoms with Gasteiger partial charge in [0.05, 0.1) is 0 Å². The Morgan fingerprint density at radius 1 is 0.750 bits per heavy atom. The number of carbonyl (C=O) groups excluding carboxylic acids is 3. The van der Waals surface area contributed by atoms with Crippen LogP contribution in [0.3, 0.4) is 0 Å². The fourth-order valence-corrected chi connectivity index (χ4v) is 3.12. The Kier molecular flexibility index (Phi) is 5.93. The molecule has 0 atom stereocenters. The number of benzene rings is 2. The van der Waals surface area contributed by atoms with Crippen molar-refractivity contribution in [3.8, 4) is 0 Å². The van der Waals surface area contributed by atoms with Gasteiger partial charge in [0.1, 0.15) is 0 Å². The third kappa shape index (κ3) is 4.88. The summed E-state index contributed by atoms with van der Waals surface area (Å²) in [6.07, 6.45) is 0. The second-order valence-electron chi connectivity index (χ2n) is 6.77. The highest BCUT2D eigenvalue weighted by Crippen LogP contribution is 2.19. The molecule has 0 saturated carbocycles. The summed E-state index contributed by atoms with van der Waals surface area (Å²) in [6.45, 7) is 5.70. The summed E-state index contributed by atoms with van der Waals surface area (Å²) in [5, 5.41) is 5.58. The van der Waals surface area contributed by atoms with Crippen molar-refractivity contribution >= 4 is 34.8 Å². The van der Waals surface area contributed by atoms with Crippen molar-refractivity contribution in [3.05, 3.63) is 54.1 Å². The largest absolute Gasteiger partial charge is 0.368 e. The molecule has 3 amide bonds. The molecule has 28 heavy (non-hydrogen) atoms. The molecule has 1 aliphatic heterocycles. The van der Waals surface area contributed by atoms with Crippen LogP contribution in [0.4, 0.5) is 21.9 Å². The highest BCUT2D eigenvalue weighted by molar-refractivity contribution is 5.94. The van der Waals surface area contributed by atoms with E-state index in [0.29, 0.717) is 30.0 Å². The van der Waals surface area contributed by atoms with Gasteiger partial charge in [-0.15, -0.1) is 0 Å². The Balaban J connectivity index is 1.52. The van der Waals surface area contributed by atoms with Crippen molar-refractivity contribution < 1.29 is 14.4 Å². The number of urea groups is 1. The minimum Gasteiger partial charge on any atom is -0.368 e. The van der Waals surface area contributed by atoms with E-state index in [0.717, 1.165) is 18.8 Å². The van der Waals surface area contributed by atoms with Gasteiger partial charge in [-0.25, -0.2) is 4.79 Å². The van der Waals surface area contributed by atoms with E-state index in [9.17, 15) is 14.4 Å². The van der Waals surface area contributed by atoms with Crippen LogP contribution in [0.25, 0.3) is 0 Å². The van der Waals surface area contributed by atoms with E-state index in [1.807, 2.05) is 24.3 Å². The molecule has 7 heteroatoms. The number of hydrogen-bond donors (Lipinski definition) is 2. The first-order valence-corrected chi connectivity index (χ1v) is 9.22. The normalized spacial score (nSPS) is 13.8. The first-order valence-electron chi connectivity index (χ1n) is 9.22. The monoisotopic (exact) mass is 380 g/mol. The molecular formula is C21H24N4O3. The number of amides is 3. The van der Waals surface area contributed by atoms with Crippen molar-refractivity contribution in [1.82, 2.24) is 4.90 Å². The average molecular weight is 380 g/mol. The summed E-state index contributed by atoms with van der Waals surface area (Å²) in [7, 11) is 0. The maximum atomic E-state index is 12.5. The molecule has 0 unspecified atom stereocenters. The first kappa shape index (κ1) is 19.4. The lowest BCUT2D eigenvalue weighted by Gasteiger charge is -2.36. The molecule has 3 rings (SSSR count). The molecule has 2 aromatic rings. The topological polar surface area (TPSA) is 81.8 Å². The molecule has 1 aliphatic rings. The zero-order valence-corrected chi connectivity index (χ0v) is 16.1. The van der Waals surface area contributed by atoms with Crippen LogP contribution in [0.15, 0.2) is 48.5 Å². The molecular weight excluding hydrogens is 356 g/mol. The quantitative estimate of drug-likeness (QED) is 0.798. The van der Waals surface area contributed by atoms with Gasteiger partial charge in [0.25, 0.3) is 0 Å². The first-order chi connectivity index (χ1) is 13.4. The summed E-state index contributed by atoms with van der Waals surface area (Å²) >= 11 is 0. The van der Waals surface area contributed by atoms with Gasteiger partial charge >= 0.3 is 6.03 Å². The molecule has 0 aromatic heterocycles. The molecule has 1 heterocycles. The van der Waals surface area contributed by atoms with Crippen LogP contribution in [-0.4, -0.2) is 48.8 Å². The van der Waals surface area contributed by atoms with Crippen LogP contribution in [0.5, 0.6) is 0 Å². The molecule has 0 spiro atoms. The molecule has 0 aliphatic carbocycles. The second kappa shape index (κ2) is 8.56. The molecule has 2 aromatic carbocycles. The number of rotatable bonds is 4. The van der Waals surface area contributed by atoms with E-state index in [1.165, 1.54) is 6.92 Å². The zero-order chi connectivity index (χ0) is 20.1. The van der Waals surface area contributed by atoms with Crippen molar-refractivity contribution in [1.29, 1.82) is 0 Å². The number of carbonyl (C=O) groups is 3. The van der Waals surface area contributed by atoms with E-state index in [1.54, 1.807) is 36.1 Å². The third-order valence-corrected chi connectivity index (χ3v) is 4.66. The maximum absolute atomic E-state index is 12.5. The number of hydrogen-bond acceptors (Lipinski definition) is 4. The summed E-state index contributed by atoms with van der Waals surface area (Å²) in [4.78, 5) is 38.9. The van der Waals surface area contributed by atoms with Gasteiger partial charge in [0.15, 0.2) is 5.78 Å². The number of ketones is 1. The Morgan fingerprint density at radius 3 is 1.79 bits per heavy atom. The molecule has 0 radical (unpaired) electrons. The molecule has 146 valence electrons. The fourth-order valence-electron chi connectivity index (χ4n) is 3.12. The summed E-state index contributed by atoms with van der Waals surface area (Å²) < 4.78 is 0. The lowest BCUT2D eigenvalue weighted by Crippen LogP contribution is -2.50. The van der Waals surface area contributed by atoms with Crippen LogP contribution in [0.1, 0.15) is 24.2 Å². The highest BCUT2D eigenvalue weighted by Gasteiger charge is 2.21. The van der Waals surface area contributed by atoms with E-state index >= 15 is 0 Å². The highest BCUT2D eigenvalue weighted by atomic mass is 16.2. The molecule has 1 saturated heterocycles. The number of Topliss-reactive ketones (excluding diaryl/α,β-unsaturated/α-hetero) is 1. The summed E-state index contributed by atoms with van der Waals surface area (Å²) in [5.41, 5.74) is 3.13. The summed E-state index contributed by atoms with van der Waals surface area (Å²) in [5.74, 6) is -0.0799. The number of nitrogens with one attached hydrogen (secondary N) is 2. The van der Waals surface area contributed by atoms with Crippen molar-refractivity contribution in [3.63, 3.8) is 0 Å². The lowest BCUT2D eigenvalue weighted by molar-refractivity contribution is -0.114. The molecule has 2 N–H and O–H groups in total. The Morgan fingerprint density at radius 2 is 1.29 bits per heavy atom. The van der Waals surface area contributed by atoms with Crippen molar-refractivity contribution in [2.75, 3.05) is 41.7 Å².